The first-order valence-electron chi connectivity index (χ1n) is 11.2. The average molecular weight is 463 g/mol. The van der Waals surface area contributed by atoms with Crippen molar-refractivity contribution in [3.8, 4) is 33.4 Å². The van der Waals surface area contributed by atoms with Crippen molar-refractivity contribution in [1.82, 2.24) is 0 Å². The molecular formula is C31H17ClF2. The molecule has 0 amide bonds. The fourth-order valence-electron chi connectivity index (χ4n) is 6.06. The van der Waals surface area contributed by atoms with E-state index in [1.807, 2.05) is 54.6 Å². The van der Waals surface area contributed by atoms with Gasteiger partial charge in [-0.1, -0.05) is 78.3 Å². The van der Waals surface area contributed by atoms with Crippen LogP contribution in [0.4, 0.5) is 8.78 Å². The minimum Gasteiger partial charge on any atom is -0.207 e. The van der Waals surface area contributed by atoms with Crippen molar-refractivity contribution in [2.45, 2.75) is 5.41 Å². The Labute approximate surface area is 201 Å². The summed E-state index contributed by atoms with van der Waals surface area (Å²) in [5, 5.41) is 0.662. The van der Waals surface area contributed by atoms with Gasteiger partial charge in [-0.3, -0.25) is 0 Å². The summed E-state index contributed by atoms with van der Waals surface area (Å²) < 4.78 is 29.7. The molecule has 3 heteroatoms. The predicted octanol–water partition coefficient (Wildman–Crippen LogP) is 8.63. The molecule has 162 valence electrons. The van der Waals surface area contributed by atoms with E-state index in [1.54, 1.807) is 12.1 Å². The minimum absolute atomic E-state index is 0.304. The Kier molecular flexibility index (Phi) is 3.99. The fourth-order valence-corrected chi connectivity index (χ4v) is 6.18. The molecule has 2 aliphatic carbocycles. The molecule has 0 N–H and O–H groups in total. The highest BCUT2D eigenvalue weighted by molar-refractivity contribution is 6.30. The van der Waals surface area contributed by atoms with E-state index < -0.39 is 5.41 Å². The first-order valence-corrected chi connectivity index (χ1v) is 11.6. The standard InChI is InChI=1S/C31H17ClF2/c32-19-10-8-18(9-11-19)22-5-3-6-26-23-4-1-2-7-27(23)31(30(22)26)28-16-20(33)12-14-24(28)25-15-13-21(34)17-29(25)31/h1-17H. The Balaban J connectivity index is 1.70. The molecule has 0 saturated heterocycles. The van der Waals surface area contributed by atoms with Crippen molar-refractivity contribution in [3.05, 3.63) is 142 Å². The predicted molar refractivity (Wildman–Crippen MR) is 133 cm³/mol. The third-order valence-electron chi connectivity index (χ3n) is 7.28. The van der Waals surface area contributed by atoms with Crippen molar-refractivity contribution in [2.75, 3.05) is 0 Å². The molecule has 34 heavy (non-hydrogen) atoms. The van der Waals surface area contributed by atoms with Gasteiger partial charge in [0, 0.05) is 5.02 Å². The molecule has 0 fully saturated rings. The van der Waals surface area contributed by atoms with Gasteiger partial charge in [0.25, 0.3) is 0 Å². The molecule has 1 spiro atoms. The van der Waals surface area contributed by atoms with Crippen LogP contribution in [0.25, 0.3) is 33.4 Å². The molecule has 0 atom stereocenters. The molecule has 0 radical (unpaired) electrons. The quantitative estimate of drug-likeness (QED) is 0.229. The molecule has 2 aliphatic rings. The molecule has 0 heterocycles. The maximum Gasteiger partial charge on any atom is 0.123 e. The second-order valence-corrected chi connectivity index (χ2v) is 9.35. The number of hydrogen-bond donors (Lipinski definition) is 0. The lowest BCUT2D eigenvalue weighted by atomic mass is 9.68. The zero-order chi connectivity index (χ0) is 23.0. The van der Waals surface area contributed by atoms with Crippen LogP contribution in [0.1, 0.15) is 22.3 Å². The van der Waals surface area contributed by atoms with Gasteiger partial charge in [-0.2, -0.15) is 0 Å². The van der Waals surface area contributed by atoms with Crippen LogP contribution in [-0.2, 0) is 5.41 Å². The van der Waals surface area contributed by atoms with Crippen LogP contribution < -0.4 is 0 Å². The van der Waals surface area contributed by atoms with E-state index in [4.69, 9.17) is 11.6 Å². The largest absolute Gasteiger partial charge is 0.207 e. The maximum atomic E-state index is 14.8. The second kappa shape index (κ2) is 6.88. The monoisotopic (exact) mass is 462 g/mol. The van der Waals surface area contributed by atoms with Crippen LogP contribution in [0.2, 0.25) is 5.02 Å². The summed E-state index contributed by atoms with van der Waals surface area (Å²) >= 11 is 6.20. The van der Waals surface area contributed by atoms with E-state index in [1.165, 1.54) is 12.1 Å². The Morgan fingerprint density at radius 3 is 1.74 bits per heavy atom. The van der Waals surface area contributed by atoms with Gasteiger partial charge >= 0.3 is 0 Å². The van der Waals surface area contributed by atoms with Crippen molar-refractivity contribution in [1.29, 1.82) is 0 Å². The van der Waals surface area contributed by atoms with E-state index in [2.05, 4.69) is 24.3 Å². The Morgan fingerprint density at radius 2 is 1.06 bits per heavy atom. The van der Waals surface area contributed by atoms with Gasteiger partial charge in [0.15, 0.2) is 0 Å². The van der Waals surface area contributed by atoms with E-state index in [-0.39, 0.29) is 11.6 Å². The van der Waals surface area contributed by atoms with Crippen LogP contribution in [0.3, 0.4) is 0 Å². The lowest BCUT2D eigenvalue weighted by molar-refractivity contribution is 0.618. The molecule has 0 bridgehead atoms. The lowest BCUT2D eigenvalue weighted by Crippen LogP contribution is -2.27. The van der Waals surface area contributed by atoms with Crippen LogP contribution in [0, 0.1) is 11.6 Å². The Morgan fingerprint density at radius 1 is 0.500 bits per heavy atom. The van der Waals surface area contributed by atoms with Crippen molar-refractivity contribution in [3.63, 3.8) is 0 Å². The summed E-state index contributed by atoms with van der Waals surface area (Å²) in [6.45, 7) is 0. The van der Waals surface area contributed by atoms with E-state index in [9.17, 15) is 8.78 Å². The number of halogens is 3. The summed E-state index contributed by atoms with van der Waals surface area (Å²) in [5.74, 6) is -0.609. The normalized spacial score (nSPS) is 14.0. The van der Waals surface area contributed by atoms with E-state index >= 15 is 0 Å². The third-order valence-corrected chi connectivity index (χ3v) is 7.53. The first-order chi connectivity index (χ1) is 16.6. The van der Waals surface area contributed by atoms with Gasteiger partial charge in [0.05, 0.1) is 5.41 Å². The van der Waals surface area contributed by atoms with Crippen LogP contribution in [0.5, 0.6) is 0 Å². The van der Waals surface area contributed by atoms with Gasteiger partial charge in [-0.25, -0.2) is 8.78 Å². The number of rotatable bonds is 1. The summed E-state index contributed by atoms with van der Waals surface area (Å²) in [5.41, 5.74) is 9.04. The maximum absolute atomic E-state index is 14.8. The van der Waals surface area contributed by atoms with Crippen molar-refractivity contribution < 1.29 is 8.78 Å². The topological polar surface area (TPSA) is 0 Å². The Hall–Kier alpha value is -3.75. The van der Waals surface area contributed by atoms with Gasteiger partial charge in [-0.05, 0) is 92.0 Å². The fraction of sp³-hybridized carbons (Fsp3) is 0.0323. The zero-order valence-corrected chi connectivity index (χ0v) is 18.7. The molecule has 5 aromatic carbocycles. The van der Waals surface area contributed by atoms with Crippen molar-refractivity contribution in [2.24, 2.45) is 0 Å². The lowest BCUT2D eigenvalue weighted by Gasteiger charge is -2.32. The molecular weight excluding hydrogens is 446 g/mol. The van der Waals surface area contributed by atoms with Gasteiger partial charge in [0.2, 0.25) is 0 Å². The molecule has 5 aromatic rings. The van der Waals surface area contributed by atoms with Gasteiger partial charge in [-0.15, -0.1) is 0 Å². The van der Waals surface area contributed by atoms with Crippen LogP contribution in [0.15, 0.2) is 103 Å². The number of benzene rings is 5. The van der Waals surface area contributed by atoms with E-state index in [0.29, 0.717) is 5.02 Å². The van der Waals surface area contributed by atoms with Gasteiger partial charge < -0.3 is 0 Å². The number of fused-ring (bicyclic) bond motifs is 10. The highest BCUT2D eigenvalue weighted by atomic mass is 35.5. The van der Waals surface area contributed by atoms with Crippen LogP contribution >= 0.6 is 11.6 Å². The average Bonchev–Trinajstić information content (AvgIpc) is 3.31. The van der Waals surface area contributed by atoms with Crippen LogP contribution in [-0.4, -0.2) is 0 Å². The minimum atomic E-state index is -0.822. The molecule has 0 unspecified atom stereocenters. The highest BCUT2D eigenvalue weighted by Crippen LogP contribution is 2.64. The van der Waals surface area contributed by atoms with E-state index in [0.717, 1.165) is 55.6 Å². The summed E-state index contributed by atoms with van der Waals surface area (Å²) in [4.78, 5) is 0. The summed E-state index contributed by atoms with van der Waals surface area (Å²) in [6, 6.07) is 32.1. The molecule has 7 rings (SSSR count). The van der Waals surface area contributed by atoms with Crippen molar-refractivity contribution >= 4 is 11.6 Å². The highest BCUT2D eigenvalue weighted by Gasteiger charge is 2.53. The Bertz CT molecular complexity index is 1580. The summed E-state index contributed by atoms with van der Waals surface area (Å²) in [7, 11) is 0. The van der Waals surface area contributed by atoms with Gasteiger partial charge in [0.1, 0.15) is 11.6 Å². The molecule has 0 aromatic heterocycles. The smallest absolute Gasteiger partial charge is 0.123 e. The zero-order valence-electron chi connectivity index (χ0n) is 17.9. The number of hydrogen-bond acceptors (Lipinski definition) is 0. The second-order valence-electron chi connectivity index (χ2n) is 8.91. The molecule has 0 aliphatic heterocycles. The molecule has 0 saturated carbocycles. The molecule has 0 nitrogen and oxygen atoms in total. The third kappa shape index (κ3) is 2.41. The SMILES string of the molecule is Fc1ccc2c(c1)C1(c3cc(F)ccc3-2)c2ccccc2-c2cccc(-c3ccc(Cl)cc3)c21. The first kappa shape index (κ1) is 19.7. The summed E-state index contributed by atoms with van der Waals surface area (Å²) in [6.07, 6.45) is 0.